The van der Waals surface area contributed by atoms with Gasteiger partial charge in [0.25, 0.3) is 0 Å². The van der Waals surface area contributed by atoms with Gasteiger partial charge < -0.3 is 0 Å². The number of allylic oxidation sites excluding steroid dienone is 4. The van der Waals surface area contributed by atoms with Gasteiger partial charge in [-0.1, -0.05) is 0 Å². The Labute approximate surface area is 157 Å². The molecule has 1 aliphatic rings. The molecule has 0 amide bonds. The number of benzene rings is 1. The van der Waals surface area contributed by atoms with Gasteiger partial charge in [0, 0.05) is 0 Å². The number of hydrogen-bond acceptors (Lipinski definition) is 0. The van der Waals surface area contributed by atoms with E-state index >= 15 is 0 Å². The van der Waals surface area contributed by atoms with Crippen LogP contribution in [0.2, 0.25) is 0 Å². The average molecular weight is 517 g/mol. The standard InChI is InChI=1S/C15H18P.3ClH.Hf/c1-16(2)12-15(14-10-6-7-11-14)13-8-4-3-5-9-13;;;;/h3-6,8-10,15H,7,12H2,1-2H3;3*1H;. The fourth-order valence-electron chi connectivity index (χ4n) is 2.28. The van der Waals surface area contributed by atoms with Crippen LogP contribution in [0, 0.1) is 0 Å². The van der Waals surface area contributed by atoms with E-state index in [2.05, 4.69) is 55.8 Å². The van der Waals surface area contributed by atoms with Crippen LogP contribution in [0.3, 0.4) is 0 Å². The van der Waals surface area contributed by atoms with Gasteiger partial charge in [-0.25, -0.2) is 0 Å². The first kappa shape index (κ1) is 23.1. The molecule has 20 heavy (non-hydrogen) atoms. The molecule has 0 radical (unpaired) electrons. The summed E-state index contributed by atoms with van der Waals surface area (Å²) in [6.07, 6.45) is 7.24. The van der Waals surface area contributed by atoms with E-state index in [4.69, 9.17) is 0 Å². The molecule has 5 heteroatoms. The zero-order valence-corrected chi connectivity index (χ0v) is 18.6. The van der Waals surface area contributed by atoms with Crippen molar-refractivity contribution in [1.29, 1.82) is 0 Å². The molecule has 1 atom stereocenters. The summed E-state index contributed by atoms with van der Waals surface area (Å²) in [5.41, 5.74) is 3.12. The van der Waals surface area contributed by atoms with E-state index in [0.717, 1.165) is 0 Å². The third-order valence-electron chi connectivity index (χ3n) is 3.09. The topological polar surface area (TPSA) is 0 Å². The molecule has 1 aliphatic carbocycles. The van der Waals surface area contributed by atoms with Crippen LogP contribution in [0.25, 0.3) is 0 Å². The second-order valence-corrected chi connectivity index (χ2v) is 9.46. The Morgan fingerprint density at radius 1 is 1.10 bits per heavy atom. The molecule has 0 bridgehead atoms. The van der Waals surface area contributed by atoms with Gasteiger partial charge in [0.2, 0.25) is 0 Å². The monoisotopic (exact) mass is 517 g/mol. The van der Waals surface area contributed by atoms with Crippen LogP contribution in [-0.4, -0.2) is 19.5 Å². The van der Waals surface area contributed by atoms with Crippen LogP contribution in [0.15, 0.2) is 51.4 Å². The molecule has 0 nitrogen and oxygen atoms in total. The quantitative estimate of drug-likeness (QED) is 0.364. The van der Waals surface area contributed by atoms with Crippen molar-refractivity contribution in [3.8, 4) is 0 Å². The van der Waals surface area contributed by atoms with Crippen LogP contribution < -0.4 is 0 Å². The SMILES string of the molecule is CP(C)CC(C1=[C]([Hf])CC=C1)c1ccccc1.Cl.Cl.Cl. The van der Waals surface area contributed by atoms with Crippen molar-refractivity contribution in [1.82, 2.24) is 0 Å². The molecule has 0 saturated carbocycles. The second-order valence-electron chi connectivity index (χ2n) is 4.77. The van der Waals surface area contributed by atoms with Crippen molar-refractivity contribution in [2.24, 2.45) is 0 Å². The smallest absolute Gasteiger partial charge is 0.147 e. The molecule has 2 rings (SSSR count). The first-order valence-corrected chi connectivity index (χ1v) is 10.2. The molecule has 0 spiro atoms. The molecule has 0 heterocycles. The van der Waals surface area contributed by atoms with Crippen LogP contribution >= 0.6 is 45.1 Å². The minimum absolute atomic E-state index is 0. The van der Waals surface area contributed by atoms with Crippen molar-refractivity contribution < 1.29 is 24.4 Å². The number of rotatable bonds is 4. The van der Waals surface area contributed by atoms with Gasteiger partial charge in [0.1, 0.15) is 0 Å². The fraction of sp³-hybridized carbons (Fsp3) is 0.333. The summed E-state index contributed by atoms with van der Waals surface area (Å²) < 4.78 is 1.69. The van der Waals surface area contributed by atoms with Gasteiger partial charge in [-0.3, -0.25) is 0 Å². The van der Waals surface area contributed by atoms with E-state index in [1.165, 1.54) is 42.5 Å². The largest absolute Gasteiger partial charge is 0.147 e. The van der Waals surface area contributed by atoms with E-state index in [0.29, 0.717) is 5.92 Å². The molecule has 1 aromatic carbocycles. The zero-order valence-electron chi connectivity index (χ0n) is 11.7. The molecule has 0 N–H and O–H groups in total. The van der Waals surface area contributed by atoms with Crippen molar-refractivity contribution in [2.75, 3.05) is 19.5 Å². The summed E-state index contributed by atoms with van der Waals surface area (Å²) in [6, 6.07) is 11.0. The molecule has 0 aliphatic heterocycles. The summed E-state index contributed by atoms with van der Waals surface area (Å²) in [5.74, 6) is 0.642. The van der Waals surface area contributed by atoms with Gasteiger partial charge in [0.05, 0.1) is 0 Å². The average Bonchev–Trinajstić information content (AvgIpc) is 2.73. The predicted octanol–water partition coefficient (Wildman–Crippen LogP) is 5.54. The normalized spacial score (nSPS) is 14.3. The maximum absolute atomic E-state index is 2.39. The van der Waals surface area contributed by atoms with Crippen LogP contribution in [0.1, 0.15) is 17.9 Å². The molecular formula is C15H21Cl3HfP. The Morgan fingerprint density at radius 2 is 1.70 bits per heavy atom. The van der Waals surface area contributed by atoms with Gasteiger partial charge in [-0.15, -0.1) is 37.2 Å². The van der Waals surface area contributed by atoms with Crippen LogP contribution in [-0.2, 0) is 24.4 Å². The summed E-state index contributed by atoms with van der Waals surface area (Å²) in [7, 11) is 0.149. The maximum Gasteiger partial charge on any atom is -0.147 e. The number of hydrogen-bond donors (Lipinski definition) is 0. The van der Waals surface area contributed by atoms with Crippen molar-refractivity contribution in [2.45, 2.75) is 12.3 Å². The Balaban J connectivity index is 0. The van der Waals surface area contributed by atoms with Crippen molar-refractivity contribution >= 4 is 45.1 Å². The summed E-state index contributed by atoms with van der Waals surface area (Å²) in [5, 5.41) is 0. The Hall–Kier alpha value is 0.870. The Bertz CT molecular complexity index is 444. The minimum atomic E-state index is 0. The molecular weight excluding hydrogens is 496 g/mol. The molecule has 111 valence electrons. The zero-order chi connectivity index (χ0) is 12.3. The molecule has 0 aromatic heterocycles. The fourth-order valence-corrected chi connectivity index (χ4v) is 4.77. The molecule has 0 fully saturated rings. The van der Waals surface area contributed by atoms with E-state index in [1.807, 2.05) is 0 Å². The summed E-state index contributed by atoms with van der Waals surface area (Å²) in [4.78, 5) is 0. The Kier molecular flexibility index (Phi) is 13.2. The molecule has 0 saturated heterocycles. The van der Waals surface area contributed by atoms with Crippen molar-refractivity contribution in [3.63, 3.8) is 0 Å². The van der Waals surface area contributed by atoms with Crippen LogP contribution in [0.5, 0.6) is 0 Å². The van der Waals surface area contributed by atoms with E-state index in [9.17, 15) is 0 Å². The maximum atomic E-state index is 2.39. The number of halogens is 3. The van der Waals surface area contributed by atoms with Gasteiger partial charge in [0.15, 0.2) is 0 Å². The third-order valence-corrected chi connectivity index (χ3v) is 5.96. The van der Waals surface area contributed by atoms with E-state index in [1.54, 1.807) is 8.90 Å². The first-order chi connectivity index (χ1) is 8.18. The van der Waals surface area contributed by atoms with Gasteiger partial charge in [-0.2, -0.15) is 0 Å². The van der Waals surface area contributed by atoms with Gasteiger partial charge >= 0.3 is 121 Å². The molecule has 1 unspecified atom stereocenters. The van der Waals surface area contributed by atoms with Gasteiger partial charge in [-0.05, 0) is 0 Å². The van der Waals surface area contributed by atoms with E-state index < -0.39 is 0 Å². The minimum Gasteiger partial charge on any atom is -0.147 e. The summed E-state index contributed by atoms with van der Waals surface area (Å²) in [6.45, 7) is 4.77. The third kappa shape index (κ3) is 6.32. The Morgan fingerprint density at radius 3 is 2.15 bits per heavy atom. The van der Waals surface area contributed by atoms with Crippen LogP contribution in [0.4, 0.5) is 0 Å². The predicted molar refractivity (Wildman–Crippen MR) is 95.3 cm³/mol. The molecule has 1 aromatic rings. The van der Waals surface area contributed by atoms with E-state index in [-0.39, 0.29) is 45.1 Å². The summed E-state index contributed by atoms with van der Waals surface area (Å²) >= 11 is 1.21. The first-order valence-electron chi connectivity index (χ1n) is 5.99. The van der Waals surface area contributed by atoms with Crippen molar-refractivity contribution in [3.05, 3.63) is 57.0 Å². The second kappa shape index (κ2) is 11.4.